The monoisotopic (exact) mass is 441 g/mol. The number of H-pyrrole nitrogens is 1. The number of fused-ring (bicyclic) bond motifs is 1. The molecule has 0 amide bonds. The Morgan fingerprint density at radius 3 is 2.47 bits per heavy atom. The molecule has 0 spiro atoms. The number of Topliss-reactive ketones (excluding diaryl/α,β-unsaturated/α-hetero) is 1. The largest absolute Gasteiger partial charge is 0.301 e. The number of benzene rings is 2. The van der Waals surface area contributed by atoms with Gasteiger partial charge in [-0.05, 0) is 24.3 Å². The van der Waals surface area contributed by atoms with Crippen LogP contribution in [0, 0.1) is 0 Å². The molecule has 0 aliphatic rings. The number of sulfonamides is 1. The number of thioether (sulfide) groups is 1. The average molecular weight is 441 g/mol. The number of nitrogens with zero attached hydrogens (tertiary/aromatic N) is 3. The molecule has 2 aromatic heterocycles. The summed E-state index contributed by atoms with van der Waals surface area (Å²) in [5.74, 6) is 0.0192. The summed E-state index contributed by atoms with van der Waals surface area (Å²) in [6, 6.07) is 14.6. The quantitative estimate of drug-likeness (QED) is 0.264. The number of hydrogen-bond donors (Lipinski definition) is 2. The van der Waals surface area contributed by atoms with Gasteiger partial charge in [-0.15, -0.1) is 0 Å². The third kappa shape index (κ3) is 4.03. The number of hydrogen-bond acceptors (Lipinski definition) is 7. The van der Waals surface area contributed by atoms with E-state index in [4.69, 9.17) is 5.14 Å². The molecule has 0 radical (unpaired) electrons. The lowest BCUT2D eigenvalue weighted by molar-refractivity contribution is 0.102. The molecule has 9 nitrogen and oxygen atoms in total. The second-order valence-corrected chi connectivity index (χ2v) is 8.81. The van der Waals surface area contributed by atoms with Gasteiger partial charge in [0.1, 0.15) is 5.39 Å². The van der Waals surface area contributed by atoms with E-state index in [1.165, 1.54) is 35.1 Å². The van der Waals surface area contributed by atoms with Crippen molar-refractivity contribution in [2.75, 3.05) is 5.75 Å². The van der Waals surface area contributed by atoms with Gasteiger partial charge in [0.2, 0.25) is 10.0 Å². The number of carbonyl (C=O) groups is 1. The van der Waals surface area contributed by atoms with E-state index in [9.17, 15) is 18.0 Å². The lowest BCUT2D eigenvalue weighted by atomic mass is 10.2. The number of aromatic nitrogens is 4. The molecule has 152 valence electrons. The Labute approximate surface area is 175 Å². The summed E-state index contributed by atoms with van der Waals surface area (Å²) in [6.45, 7) is 0. The van der Waals surface area contributed by atoms with Crippen molar-refractivity contribution in [2.45, 2.75) is 10.1 Å². The van der Waals surface area contributed by atoms with Crippen molar-refractivity contribution >= 4 is 38.6 Å². The first-order chi connectivity index (χ1) is 14.3. The molecule has 0 aliphatic carbocycles. The number of nitrogens with two attached hydrogens (primary N) is 1. The minimum atomic E-state index is -3.82. The van der Waals surface area contributed by atoms with Gasteiger partial charge in [-0.25, -0.2) is 23.2 Å². The van der Waals surface area contributed by atoms with Crippen molar-refractivity contribution in [2.24, 2.45) is 5.14 Å². The topological polar surface area (TPSA) is 141 Å². The van der Waals surface area contributed by atoms with E-state index < -0.39 is 10.0 Å². The molecule has 0 fully saturated rings. The highest BCUT2D eigenvalue weighted by Gasteiger charge is 2.14. The van der Waals surface area contributed by atoms with Crippen molar-refractivity contribution in [1.82, 2.24) is 19.7 Å². The zero-order valence-corrected chi connectivity index (χ0v) is 17.0. The zero-order valence-electron chi connectivity index (χ0n) is 15.3. The molecule has 0 bridgehead atoms. The van der Waals surface area contributed by atoms with E-state index in [0.29, 0.717) is 11.3 Å². The molecule has 0 saturated carbocycles. The Hall–Kier alpha value is -3.28. The normalized spacial score (nSPS) is 11.6. The van der Waals surface area contributed by atoms with Crippen molar-refractivity contribution < 1.29 is 13.2 Å². The summed E-state index contributed by atoms with van der Waals surface area (Å²) in [6.07, 6.45) is 1.37. The second-order valence-electron chi connectivity index (χ2n) is 6.28. The number of aromatic amines is 1. The summed E-state index contributed by atoms with van der Waals surface area (Å²) in [7, 11) is -3.82. The number of ketones is 1. The van der Waals surface area contributed by atoms with Crippen LogP contribution in [-0.4, -0.2) is 39.7 Å². The van der Waals surface area contributed by atoms with Crippen LogP contribution in [0.15, 0.2) is 75.6 Å². The van der Waals surface area contributed by atoms with Gasteiger partial charge in [0.15, 0.2) is 16.6 Å². The molecular weight excluding hydrogens is 426 g/mol. The van der Waals surface area contributed by atoms with Crippen LogP contribution in [0.1, 0.15) is 10.4 Å². The van der Waals surface area contributed by atoms with Crippen LogP contribution in [0.5, 0.6) is 0 Å². The summed E-state index contributed by atoms with van der Waals surface area (Å²) in [5, 5.41) is 9.84. The third-order valence-corrected chi connectivity index (χ3v) is 6.06. The fourth-order valence-electron chi connectivity index (χ4n) is 2.77. The number of primary sulfonamides is 1. The number of nitrogens with one attached hydrogen (secondary N) is 1. The third-order valence-electron chi connectivity index (χ3n) is 4.26. The smallest absolute Gasteiger partial charge is 0.262 e. The molecule has 0 saturated heterocycles. The minimum absolute atomic E-state index is 0.0378. The van der Waals surface area contributed by atoms with E-state index in [0.717, 1.165) is 11.8 Å². The molecule has 2 aromatic carbocycles. The maximum Gasteiger partial charge on any atom is 0.262 e. The maximum atomic E-state index is 12.4. The first kappa shape index (κ1) is 20.0. The molecule has 2 heterocycles. The molecule has 0 aliphatic heterocycles. The molecule has 0 unspecified atom stereocenters. The fourth-order valence-corrected chi connectivity index (χ4v) is 4.04. The van der Waals surface area contributed by atoms with Crippen molar-refractivity contribution in [3.05, 3.63) is 76.7 Å². The van der Waals surface area contributed by atoms with Gasteiger partial charge in [-0.2, -0.15) is 5.10 Å². The van der Waals surface area contributed by atoms with Crippen LogP contribution in [0.25, 0.3) is 16.7 Å². The van der Waals surface area contributed by atoms with Crippen molar-refractivity contribution in [1.29, 1.82) is 0 Å². The minimum Gasteiger partial charge on any atom is -0.301 e. The first-order valence-electron chi connectivity index (χ1n) is 8.65. The van der Waals surface area contributed by atoms with Crippen LogP contribution < -0.4 is 10.7 Å². The molecule has 0 atom stereocenters. The second kappa shape index (κ2) is 7.86. The van der Waals surface area contributed by atoms with Crippen LogP contribution >= 0.6 is 11.8 Å². The van der Waals surface area contributed by atoms with Gasteiger partial charge in [0, 0.05) is 5.56 Å². The van der Waals surface area contributed by atoms with Gasteiger partial charge >= 0.3 is 0 Å². The first-order valence-corrected chi connectivity index (χ1v) is 11.2. The van der Waals surface area contributed by atoms with E-state index in [1.807, 2.05) is 6.07 Å². The van der Waals surface area contributed by atoms with Gasteiger partial charge in [-0.1, -0.05) is 42.1 Å². The highest BCUT2D eigenvalue weighted by molar-refractivity contribution is 7.99. The number of carbonyl (C=O) groups excluding carboxylic acids is 1. The Bertz CT molecular complexity index is 1390. The lowest BCUT2D eigenvalue weighted by Crippen LogP contribution is -2.12. The summed E-state index contributed by atoms with van der Waals surface area (Å²) in [4.78, 5) is 31.7. The van der Waals surface area contributed by atoms with Gasteiger partial charge in [0.25, 0.3) is 5.56 Å². The molecule has 4 rings (SSSR count). The Kier molecular flexibility index (Phi) is 5.24. The van der Waals surface area contributed by atoms with Crippen LogP contribution in [0.4, 0.5) is 0 Å². The Morgan fingerprint density at radius 1 is 1.10 bits per heavy atom. The van der Waals surface area contributed by atoms with E-state index in [-0.39, 0.29) is 38.2 Å². The fraction of sp³-hybridized carbons (Fsp3) is 0.0526. The molecule has 4 aromatic rings. The highest BCUT2D eigenvalue weighted by Crippen LogP contribution is 2.20. The predicted octanol–water partition coefficient (Wildman–Crippen LogP) is 1.73. The zero-order chi connectivity index (χ0) is 21.3. The summed E-state index contributed by atoms with van der Waals surface area (Å²) < 4.78 is 24.3. The van der Waals surface area contributed by atoms with Gasteiger partial charge < -0.3 is 4.98 Å². The van der Waals surface area contributed by atoms with Crippen LogP contribution in [0.2, 0.25) is 0 Å². The van der Waals surface area contributed by atoms with Gasteiger partial charge in [-0.3, -0.25) is 9.59 Å². The van der Waals surface area contributed by atoms with E-state index >= 15 is 0 Å². The summed E-state index contributed by atoms with van der Waals surface area (Å²) in [5.41, 5.74) is 0.985. The maximum absolute atomic E-state index is 12.4. The van der Waals surface area contributed by atoms with Crippen LogP contribution in [-0.2, 0) is 10.0 Å². The standard InChI is InChI=1S/C19H15N5O4S2/c20-30(27,28)14-8-6-13(7-9-14)24-17-15(10-21-24)18(26)23-19(22-17)29-11-16(25)12-4-2-1-3-5-12/h1-10H,11H2,(H2,20,27,28)(H,22,23,26). The van der Waals surface area contributed by atoms with E-state index in [1.54, 1.807) is 24.3 Å². The molecular formula is C19H15N5O4S2. The Balaban J connectivity index is 1.65. The SMILES string of the molecule is NS(=O)(=O)c1ccc(-n2ncc3c(=O)[nH]c(SCC(=O)c4ccccc4)nc32)cc1. The predicted molar refractivity (Wildman–Crippen MR) is 112 cm³/mol. The van der Waals surface area contributed by atoms with E-state index in [2.05, 4.69) is 15.1 Å². The lowest BCUT2D eigenvalue weighted by Gasteiger charge is -2.05. The number of rotatable bonds is 6. The Morgan fingerprint density at radius 2 is 1.80 bits per heavy atom. The molecule has 3 N–H and O–H groups in total. The van der Waals surface area contributed by atoms with Gasteiger partial charge in [0.05, 0.1) is 22.5 Å². The van der Waals surface area contributed by atoms with Crippen LogP contribution in [0.3, 0.4) is 0 Å². The highest BCUT2D eigenvalue weighted by atomic mass is 32.2. The summed E-state index contributed by atoms with van der Waals surface area (Å²) >= 11 is 1.11. The molecule has 30 heavy (non-hydrogen) atoms. The molecule has 11 heteroatoms. The van der Waals surface area contributed by atoms with Crippen molar-refractivity contribution in [3.63, 3.8) is 0 Å². The van der Waals surface area contributed by atoms with Crippen molar-refractivity contribution in [3.8, 4) is 5.69 Å². The average Bonchev–Trinajstić information content (AvgIpc) is 3.17.